The highest BCUT2D eigenvalue weighted by Crippen LogP contribution is 2.35. The third kappa shape index (κ3) is 4.89. The van der Waals surface area contributed by atoms with Gasteiger partial charge >= 0.3 is 0 Å². The fourth-order valence-electron chi connectivity index (χ4n) is 5.62. The zero-order chi connectivity index (χ0) is 25.2. The van der Waals surface area contributed by atoms with Crippen molar-refractivity contribution < 1.29 is 9.50 Å². The van der Waals surface area contributed by atoms with Crippen LogP contribution < -0.4 is 15.1 Å². The number of rotatable bonds is 7. The average Bonchev–Trinajstić information content (AvgIpc) is 3.60. The topological polar surface area (TPSA) is 81.8 Å². The van der Waals surface area contributed by atoms with Crippen molar-refractivity contribution in [2.24, 2.45) is 0 Å². The molecule has 3 aromatic heterocycles. The van der Waals surface area contributed by atoms with Crippen LogP contribution in [0.4, 0.5) is 16.0 Å². The van der Waals surface area contributed by atoms with Crippen molar-refractivity contribution >= 4 is 17.3 Å². The fourth-order valence-corrected chi connectivity index (χ4v) is 5.62. The van der Waals surface area contributed by atoms with E-state index in [-0.39, 0.29) is 18.5 Å². The number of pyridine rings is 1. The molecule has 2 fully saturated rings. The molecule has 5 heterocycles. The monoisotopic (exact) mass is 501 g/mol. The van der Waals surface area contributed by atoms with E-state index < -0.39 is 0 Å². The van der Waals surface area contributed by atoms with E-state index in [1.807, 2.05) is 41.0 Å². The second-order valence-electron chi connectivity index (χ2n) is 9.83. The summed E-state index contributed by atoms with van der Waals surface area (Å²) in [6.07, 6.45) is 5.88. The molecule has 9 heteroatoms. The van der Waals surface area contributed by atoms with Gasteiger partial charge in [0.05, 0.1) is 24.5 Å². The van der Waals surface area contributed by atoms with Crippen molar-refractivity contribution in [3.05, 3.63) is 72.2 Å². The first-order valence-corrected chi connectivity index (χ1v) is 13.1. The first-order chi connectivity index (χ1) is 18.2. The quantitative estimate of drug-likeness (QED) is 0.398. The smallest absolute Gasteiger partial charge is 0.154 e. The van der Waals surface area contributed by atoms with Crippen LogP contribution in [0.2, 0.25) is 0 Å². The predicted molar refractivity (Wildman–Crippen MR) is 142 cm³/mol. The Morgan fingerprint density at radius 3 is 2.68 bits per heavy atom. The van der Waals surface area contributed by atoms with Gasteiger partial charge in [0.25, 0.3) is 0 Å². The Labute approximate surface area is 215 Å². The van der Waals surface area contributed by atoms with E-state index in [9.17, 15) is 4.39 Å². The molecule has 1 unspecified atom stereocenters. The molecule has 8 nitrogen and oxygen atoms in total. The number of hydrogen-bond donors (Lipinski definition) is 2. The summed E-state index contributed by atoms with van der Waals surface area (Å²) >= 11 is 0. The SMILES string of the molecule is OCCNC1CCN(c2cccc(-c3cnc4ccc(N5CCCC5c5cccc(F)c5)nn34)n2)CC1. The molecule has 0 aliphatic carbocycles. The molecule has 0 bridgehead atoms. The Morgan fingerprint density at radius 2 is 1.84 bits per heavy atom. The number of nitrogens with zero attached hydrogens (tertiary/aromatic N) is 6. The van der Waals surface area contributed by atoms with Crippen LogP contribution in [0.3, 0.4) is 0 Å². The average molecular weight is 502 g/mol. The molecule has 37 heavy (non-hydrogen) atoms. The highest BCUT2D eigenvalue weighted by Gasteiger charge is 2.28. The number of piperidine rings is 1. The van der Waals surface area contributed by atoms with Gasteiger partial charge in [-0.25, -0.2) is 18.9 Å². The van der Waals surface area contributed by atoms with Gasteiger partial charge in [-0.05, 0) is 67.6 Å². The maximum Gasteiger partial charge on any atom is 0.154 e. The summed E-state index contributed by atoms with van der Waals surface area (Å²) in [7, 11) is 0. The fraction of sp³-hybridized carbons (Fsp3) is 0.393. The van der Waals surface area contributed by atoms with E-state index >= 15 is 0 Å². The largest absolute Gasteiger partial charge is 0.395 e. The first-order valence-electron chi connectivity index (χ1n) is 13.1. The number of nitrogens with one attached hydrogen (secondary N) is 1. The van der Waals surface area contributed by atoms with Crippen molar-refractivity contribution in [3.63, 3.8) is 0 Å². The minimum Gasteiger partial charge on any atom is -0.395 e. The molecule has 2 aliphatic rings. The number of fused-ring (bicyclic) bond motifs is 1. The van der Waals surface area contributed by atoms with Crippen molar-refractivity contribution in [1.82, 2.24) is 24.9 Å². The molecule has 1 aromatic carbocycles. The molecule has 4 aromatic rings. The summed E-state index contributed by atoms with van der Waals surface area (Å²) in [5.74, 6) is 1.60. The molecule has 2 aliphatic heterocycles. The van der Waals surface area contributed by atoms with Gasteiger partial charge in [0.15, 0.2) is 5.65 Å². The van der Waals surface area contributed by atoms with Gasteiger partial charge < -0.3 is 20.2 Å². The molecule has 2 N–H and O–H groups in total. The molecule has 0 spiro atoms. The highest BCUT2D eigenvalue weighted by atomic mass is 19.1. The van der Waals surface area contributed by atoms with Crippen molar-refractivity contribution in [2.45, 2.75) is 37.8 Å². The Kier molecular flexibility index (Phi) is 6.72. The van der Waals surface area contributed by atoms with Crippen LogP contribution in [0.1, 0.15) is 37.3 Å². The summed E-state index contributed by atoms with van der Waals surface area (Å²) in [4.78, 5) is 14.1. The summed E-state index contributed by atoms with van der Waals surface area (Å²) < 4.78 is 15.8. The molecule has 192 valence electrons. The number of aromatic nitrogens is 4. The lowest BCUT2D eigenvalue weighted by atomic mass is 10.0. The molecule has 0 amide bonds. The van der Waals surface area contributed by atoms with Gasteiger partial charge in [-0.2, -0.15) is 0 Å². The second kappa shape index (κ2) is 10.4. The van der Waals surface area contributed by atoms with E-state index in [4.69, 9.17) is 15.2 Å². The van der Waals surface area contributed by atoms with Crippen LogP contribution in [-0.4, -0.2) is 63.5 Å². The molecule has 6 rings (SSSR count). The van der Waals surface area contributed by atoms with Crippen LogP contribution in [0.25, 0.3) is 17.0 Å². The number of benzene rings is 1. The van der Waals surface area contributed by atoms with Gasteiger partial charge in [0.2, 0.25) is 0 Å². The van der Waals surface area contributed by atoms with Gasteiger partial charge in [-0.1, -0.05) is 18.2 Å². The molecule has 0 saturated carbocycles. The Balaban J connectivity index is 1.26. The summed E-state index contributed by atoms with van der Waals surface area (Å²) in [5.41, 5.74) is 3.43. The van der Waals surface area contributed by atoms with E-state index in [1.54, 1.807) is 12.1 Å². The lowest BCUT2D eigenvalue weighted by molar-refractivity contribution is 0.277. The highest BCUT2D eigenvalue weighted by molar-refractivity contribution is 5.62. The summed E-state index contributed by atoms with van der Waals surface area (Å²) in [6.45, 7) is 3.53. The molecule has 2 saturated heterocycles. The van der Waals surface area contributed by atoms with Crippen LogP contribution in [0.15, 0.2) is 60.8 Å². The lowest BCUT2D eigenvalue weighted by Gasteiger charge is -2.33. The second-order valence-corrected chi connectivity index (χ2v) is 9.83. The Morgan fingerprint density at radius 1 is 0.973 bits per heavy atom. The maximum absolute atomic E-state index is 13.9. The number of imidazole rings is 1. The Bertz CT molecular complexity index is 1370. The lowest BCUT2D eigenvalue weighted by Crippen LogP contribution is -2.43. The minimum atomic E-state index is -0.207. The zero-order valence-corrected chi connectivity index (χ0v) is 20.8. The van der Waals surface area contributed by atoms with Crippen molar-refractivity contribution in [2.75, 3.05) is 42.6 Å². The van der Waals surface area contributed by atoms with Gasteiger partial charge in [-0.15, -0.1) is 5.10 Å². The van der Waals surface area contributed by atoms with Crippen LogP contribution in [0.5, 0.6) is 0 Å². The van der Waals surface area contributed by atoms with E-state index in [2.05, 4.69) is 26.2 Å². The first kappa shape index (κ1) is 23.8. The van der Waals surface area contributed by atoms with E-state index in [1.165, 1.54) is 6.07 Å². The third-order valence-corrected chi connectivity index (χ3v) is 7.49. The van der Waals surface area contributed by atoms with Crippen molar-refractivity contribution in [3.8, 4) is 11.4 Å². The van der Waals surface area contributed by atoms with E-state index in [0.29, 0.717) is 12.6 Å². The minimum absolute atomic E-state index is 0.101. The van der Waals surface area contributed by atoms with Crippen LogP contribution >= 0.6 is 0 Å². The molecule has 1 atom stereocenters. The van der Waals surface area contributed by atoms with Crippen molar-refractivity contribution in [1.29, 1.82) is 0 Å². The van der Waals surface area contributed by atoms with Gasteiger partial charge in [-0.3, -0.25) is 0 Å². The van der Waals surface area contributed by atoms with Crippen LogP contribution in [0, 0.1) is 5.82 Å². The normalized spacial score (nSPS) is 18.7. The summed E-state index contributed by atoms with van der Waals surface area (Å²) in [5, 5.41) is 17.4. The van der Waals surface area contributed by atoms with Gasteiger partial charge in [0.1, 0.15) is 23.1 Å². The molecule has 0 radical (unpaired) electrons. The summed E-state index contributed by atoms with van der Waals surface area (Å²) in [6, 6.07) is 17.5. The Hall–Kier alpha value is -3.56. The number of aliphatic hydroxyl groups excluding tert-OH is 1. The molecular weight excluding hydrogens is 469 g/mol. The van der Waals surface area contributed by atoms with Gasteiger partial charge in [0, 0.05) is 32.2 Å². The number of hydrogen-bond acceptors (Lipinski definition) is 7. The predicted octanol–water partition coefficient (Wildman–Crippen LogP) is 3.82. The standard InChI is InChI=1S/C28H32FN7O/c29-21-5-1-4-20(18-21)24-7-3-14-35(24)28-10-9-26-31-19-25(36(26)33-28)23-6-2-8-27(32-23)34-15-11-22(12-16-34)30-13-17-37/h1-2,4-6,8-10,18-19,22,24,30,37H,3,7,11-17H2. The number of anilines is 2. The zero-order valence-electron chi connectivity index (χ0n) is 20.8. The third-order valence-electron chi connectivity index (χ3n) is 7.49. The van der Waals surface area contributed by atoms with E-state index in [0.717, 1.165) is 79.6 Å². The van der Waals surface area contributed by atoms with Crippen LogP contribution in [-0.2, 0) is 0 Å². The number of aliphatic hydroxyl groups is 1. The maximum atomic E-state index is 13.9. The number of halogens is 1. The molecular formula is C28H32FN7O.